The van der Waals surface area contributed by atoms with Crippen LogP contribution in [0.1, 0.15) is 17.5 Å². The monoisotopic (exact) mass is 161 g/mol. The second-order valence-electron chi connectivity index (χ2n) is 2.72. The van der Waals surface area contributed by atoms with Crippen LogP contribution in [0.3, 0.4) is 0 Å². The van der Waals surface area contributed by atoms with Gasteiger partial charge in [-0.3, -0.25) is 0 Å². The van der Waals surface area contributed by atoms with Crippen molar-refractivity contribution >= 4 is 12.0 Å². The van der Waals surface area contributed by atoms with E-state index in [0.29, 0.717) is 5.71 Å². The zero-order valence-corrected chi connectivity index (χ0v) is 7.00. The van der Waals surface area contributed by atoms with Gasteiger partial charge in [-0.25, -0.2) is 0 Å². The summed E-state index contributed by atoms with van der Waals surface area (Å²) in [5.74, 6) is 0. The maximum absolute atomic E-state index is 10.1. The maximum atomic E-state index is 10.1. The molecule has 1 aromatic rings. The lowest BCUT2D eigenvalue weighted by atomic mass is 10.1. The molecule has 2 nitrogen and oxygen atoms in total. The minimum atomic E-state index is 0.197. The van der Waals surface area contributed by atoms with Crippen molar-refractivity contribution in [2.45, 2.75) is 13.3 Å². The first kappa shape index (κ1) is 8.65. The van der Waals surface area contributed by atoms with Crippen LogP contribution in [0.2, 0.25) is 0 Å². The first-order chi connectivity index (χ1) is 5.74. The molecule has 0 radical (unpaired) electrons. The molecule has 0 atom stereocenters. The van der Waals surface area contributed by atoms with Gasteiger partial charge >= 0.3 is 0 Å². The van der Waals surface area contributed by atoms with Gasteiger partial charge in [0.25, 0.3) is 0 Å². The van der Waals surface area contributed by atoms with E-state index in [-0.39, 0.29) is 6.42 Å². The van der Waals surface area contributed by atoms with Crippen molar-refractivity contribution in [2.75, 3.05) is 0 Å². The van der Waals surface area contributed by atoms with Crippen LogP contribution in [0.4, 0.5) is 0 Å². The lowest BCUT2D eigenvalue weighted by molar-refractivity contribution is -0.106. The smallest absolute Gasteiger partial charge is 0.125 e. The van der Waals surface area contributed by atoms with E-state index in [0.717, 1.165) is 17.4 Å². The third kappa shape index (κ3) is 2.02. The Morgan fingerprint density at radius 3 is 2.50 bits per heavy atom. The number of benzene rings is 1. The molecule has 0 spiro atoms. The van der Waals surface area contributed by atoms with Gasteiger partial charge in [-0.15, -0.1) is 0 Å². The minimum Gasteiger partial charge on any atom is -0.304 e. The van der Waals surface area contributed by atoms with Crippen LogP contribution in [0.5, 0.6) is 0 Å². The van der Waals surface area contributed by atoms with E-state index in [2.05, 4.69) is 0 Å². The van der Waals surface area contributed by atoms with Crippen LogP contribution in [-0.4, -0.2) is 12.0 Å². The Kier molecular flexibility index (Phi) is 2.75. The molecule has 0 aliphatic rings. The van der Waals surface area contributed by atoms with Gasteiger partial charge in [0.1, 0.15) is 6.29 Å². The first-order valence-electron chi connectivity index (χ1n) is 3.82. The van der Waals surface area contributed by atoms with Crippen molar-refractivity contribution in [3.63, 3.8) is 0 Å². The third-order valence-electron chi connectivity index (χ3n) is 1.69. The van der Waals surface area contributed by atoms with Crippen LogP contribution >= 0.6 is 0 Å². The largest absolute Gasteiger partial charge is 0.304 e. The molecular formula is C10H11NO. The van der Waals surface area contributed by atoms with E-state index in [1.807, 2.05) is 31.2 Å². The predicted octanol–water partition coefficient (Wildman–Crippen LogP) is 1.95. The normalized spacial score (nSPS) is 9.42. The van der Waals surface area contributed by atoms with Crippen LogP contribution in [0.15, 0.2) is 24.3 Å². The minimum absolute atomic E-state index is 0.197. The standard InChI is InChI=1S/C10H11NO/c1-8-2-4-9(5-3-8)10(11)6-7-12/h2-5,7,11H,6H2,1H3. The number of aldehydes is 1. The molecule has 12 heavy (non-hydrogen) atoms. The number of aryl methyl sites for hydroxylation is 1. The maximum Gasteiger partial charge on any atom is 0.125 e. The lowest BCUT2D eigenvalue weighted by Gasteiger charge is -1.99. The molecule has 0 heterocycles. The van der Waals surface area contributed by atoms with Gasteiger partial charge in [0.2, 0.25) is 0 Å². The van der Waals surface area contributed by atoms with Crippen LogP contribution < -0.4 is 0 Å². The highest BCUT2D eigenvalue weighted by Crippen LogP contribution is 2.04. The molecule has 0 saturated heterocycles. The van der Waals surface area contributed by atoms with Gasteiger partial charge in [0, 0.05) is 12.1 Å². The Bertz CT molecular complexity index is 287. The fraction of sp³-hybridized carbons (Fsp3) is 0.200. The molecule has 1 aromatic carbocycles. The van der Waals surface area contributed by atoms with E-state index in [9.17, 15) is 4.79 Å². The summed E-state index contributed by atoms with van der Waals surface area (Å²) in [5.41, 5.74) is 2.37. The molecule has 62 valence electrons. The third-order valence-corrected chi connectivity index (χ3v) is 1.69. The fourth-order valence-corrected chi connectivity index (χ4v) is 0.956. The number of carbonyl (C=O) groups excluding carboxylic acids is 1. The summed E-state index contributed by atoms with van der Waals surface area (Å²) in [6.07, 6.45) is 0.950. The Balaban J connectivity index is 2.82. The van der Waals surface area contributed by atoms with Crippen LogP contribution in [0.25, 0.3) is 0 Å². The molecule has 1 N–H and O–H groups in total. The highest BCUT2D eigenvalue weighted by molar-refractivity contribution is 6.04. The van der Waals surface area contributed by atoms with Crippen molar-refractivity contribution in [1.29, 1.82) is 5.41 Å². The molecule has 2 heteroatoms. The topological polar surface area (TPSA) is 40.9 Å². The summed E-state index contributed by atoms with van der Waals surface area (Å²) in [7, 11) is 0. The summed E-state index contributed by atoms with van der Waals surface area (Å²) in [6.45, 7) is 1.99. The fourth-order valence-electron chi connectivity index (χ4n) is 0.956. The number of carbonyl (C=O) groups is 1. The van der Waals surface area contributed by atoms with Crippen LogP contribution in [-0.2, 0) is 4.79 Å². The molecule has 0 saturated carbocycles. The van der Waals surface area contributed by atoms with Gasteiger partial charge in [0.05, 0.1) is 0 Å². The van der Waals surface area contributed by atoms with E-state index in [1.54, 1.807) is 0 Å². The second kappa shape index (κ2) is 3.81. The van der Waals surface area contributed by atoms with Gasteiger partial charge in [-0.2, -0.15) is 0 Å². The van der Waals surface area contributed by atoms with E-state index in [1.165, 1.54) is 0 Å². The zero-order valence-electron chi connectivity index (χ0n) is 7.00. The summed E-state index contributed by atoms with van der Waals surface area (Å²) >= 11 is 0. The van der Waals surface area contributed by atoms with Crippen molar-refractivity contribution in [1.82, 2.24) is 0 Å². The van der Waals surface area contributed by atoms with Gasteiger partial charge in [0.15, 0.2) is 0 Å². The Hall–Kier alpha value is -1.44. The molecule has 0 amide bonds. The summed E-state index contributed by atoms with van der Waals surface area (Å²) in [4.78, 5) is 10.1. The Morgan fingerprint density at radius 1 is 1.42 bits per heavy atom. The molecule has 1 rings (SSSR count). The average molecular weight is 161 g/mol. The van der Waals surface area contributed by atoms with E-state index in [4.69, 9.17) is 5.41 Å². The van der Waals surface area contributed by atoms with Crippen LogP contribution in [0, 0.1) is 12.3 Å². The Labute approximate surface area is 71.7 Å². The predicted molar refractivity (Wildman–Crippen MR) is 48.7 cm³/mol. The van der Waals surface area contributed by atoms with Crippen molar-refractivity contribution in [3.05, 3.63) is 35.4 Å². The molecule has 0 aliphatic heterocycles. The SMILES string of the molecule is Cc1ccc(C(=N)CC=O)cc1. The zero-order chi connectivity index (χ0) is 8.97. The van der Waals surface area contributed by atoms with E-state index < -0.39 is 0 Å². The molecular weight excluding hydrogens is 150 g/mol. The van der Waals surface area contributed by atoms with Crippen molar-refractivity contribution < 1.29 is 4.79 Å². The van der Waals surface area contributed by atoms with Gasteiger partial charge < -0.3 is 10.2 Å². The second-order valence-corrected chi connectivity index (χ2v) is 2.72. The molecule has 0 bridgehead atoms. The molecule has 0 aromatic heterocycles. The average Bonchev–Trinajstić information content (AvgIpc) is 2.06. The van der Waals surface area contributed by atoms with Gasteiger partial charge in [-0.1, -0.05) is 29.8 Å². The first-order valence-corrected chi connectivity index (χ1v) is 3.82. The van der Waals surface area contributed by atoms with Crippen molar-refractivity contribution in [2.24, 2.45) is 0 Å². The summed E-state index contributed by atoms with van der Waals surface area (Å²) in [6, 6.07) is 7.60. The number of rotatable bonds is 3. The number of nitrogens with one attached hydrogen (secondary N) is 1. The summed E-state index contributed by atoms with van der Waals surface area (Å²) in [5, 5.41) is 7.47. The lowest BCUT2D eigenvalue weighted by Crippen LogP contribution is -1.98. The van der Waals surface area contributed by atoms with Crippen molar-refractivity contribution in [3.8, 4) is 0 Å². The quantitative estimate of drug-likeness (QED) is 0.534. The number of hydrogen-bond donors (Lipinski definition) is 1. The van der Waals surface area contributed by atoms with Gasteiger partial charge in [-0.05, 0) is 12.5 Å². The van der Waals surface area contributed by atoms with E-state index >= 15 is 0 Å². The Morgan fingerprint density at radius 2 is 2.00 bits per heavy atom. The highest BCUT2D eigenvalue weighted by atomic mass is 16.1. The highest BCUT2D eigenvalue weighted by Gasteiger charge is 1.98. The molecule has 0 aliphatic carbocycles. The number of hydrogen-bond acceptors (Lipinski definition) is 2. The molecule has 0 fully saturated rings. The molecule has 0 unspecified atom stereocenters. The summed E-state index contributed by atoms with van der Waals surface area (Å²) < 4.78 is 0.